The number of esters is 1. The number of aryl methyl sites for hydroxylation is 1. The standard InChI is InChI=1S/C29H28F5N5O4S/c1-3-43-24(40)13-23(28(29(32,33)34)10-4-5-11-28)37-26-22(31)15-35-25(38-26)21-16-39(27-20(21)12-18(30)14-36-27)44(41,42)19-8-6-17(2)7-9-19/h6-9,12,14-16,23H,3-5,10-11,13H2,1-2H3,(H,35,37,38). The van der Waals surface area contributed by atoms with Gasteiger partial charge in [-0.15, -0.1) is 0 Å². The van der Waals surface area contributed by atoms with E-state index in [1.807, 2.05) is 0 Å². The molecule has 3 heterocycles. The Kier molecular flexibility index (Phi) is 8.35. The molecule has 1 fully saturated rings. The Morgan fingerprint density at radius 3 is 2.43 bits per heavy atom. The highest BCUT2D eigenvalue weighted by molar-refractivity contribution is 7.90. The van der Waals surface area contributed by atoms with Gasteiger partial charge in [-0.2, -0.15) is 13.2 Å². The van der Waals surface area contributed by atoms with Crippen LogP contribution in [-0.4, -0.2) is 52.1 Å². The molecule has 0 bridgehead atoms. The van der Waals surface area contributed by atoms with Gasteiger partial charge in [0.25, 0.3) is 10.0 Å². The molecule has 3 aromatic heterocycles. The first kappa shape index (κ1) is 31.3. The highest BCUT2D eigenvalue weighted by Gasteiger charge is 2.60. The summed E-state index contributed by atoms with van der Waals surface area (Å²) in [4.78, 5) is 24.3. The van der Waals surface area contributed by atoms with Crippen molar-refractivity contribution in [2.45, 2.75) is 63.1 Å². The van der Waals surface area contributed by atoms with E-state index in [0.29, 0.717) is 6.20 Å². The van der Waals surface area contributed by atoms with E-state index in [1.54, 1.807) is 19.1 Å². The number of fused-ring (bicyclic) bond motifs is 1. The second-order valence-electron chi connectivity index (χ2n) is 10.6. The Morgan fingerprint density at radius 1 is 1.11 bits per heavy atom. The van der Waals surface area contributed by atoms with E-state index in [2.05, 4.69) is 20.3 Å². The minimum absolute atomic E-state index is 0.0381. The van der Waals surface area contributed by atoms with Gasteiger partial charge in [-0.1, -0.05) is 30.5 Å². The zero-order valence-electron chi connectivity index (χ0n) is 23.7. The number of rotatable bonds is 9. The fourth-order valence-electron chi connectivity index (χ4n) is 5.61. The summed E-state index contributed by atoms with van der Waals surface area (Å²) >= 11 is 0. The number of hydrogen-bond donors (Lipinski definition) is 1. The Bertz CT molecular complexity index is 1800. The molecule has 1 aromatic carbocycles. The SMILES string of the molecule is CCOC(=O)CC(Nc1nc(-c2cn(S(=O)(=O)c3ccc(C)cc3)c3ncc(F)cc23)ncc1F)C1(C(F)(F)F)CCCC1. The molecule has 0 saturated heterocycles. The summed E-state index contributed by atoms with van der Waals surface area (Å²) < 4.78 is 106. The van der Waals surface area contributed by atoms with Crippen LogP contribution < -0.4 is 5.32 Å². The molecule has 1 saturated carbocycles. The first-order chi connectivity index (χ1) is 20.8. The number of hydrogen-bond acceptors (Lipinski definition) is 8. The summed E-state index contributed by atoms with van der Waals surface area (Å²) in [6, 6.07) is 5.33. The molecule has 1 aliphatic carbocycles. The van der Waals surface area contributed by atoms with E-state index < -0.39 is 57.5 Å². The van der Waals surface area contributed by atoms with Gasteiger partial charge in [0.2, 0.25) is 0 Å². The predicted octanol–water partition coefficient (Wildman–Crippen LogP) is 6.17. The van der Waals surface area contributed by atoms with Crippen LogP contribution in [-0.2, 0) is 19.6 Å². The fraction of sp³-hybridized carbons (Fsp3) is 0.379. The maximum Gasteiger partial charge on any atom is 0.396 e. The summed E-state index contributed by atoms with van der Waals surface area (Å²) in [6.45, 7) is 3.23. The van der Waals surface area contributed by atoms with Crippen LogP contribution in [0.4, 0.5) is 27.8 Å². The molecule has 1 aliphatic rings. The van der Waals surface area contributed by atoms with Crippen LogP contribution >= 0.6 is 0 Å². The highest BCUT2D eigenvalue weighted by Crippen LogP contribution is 2.54. The summed E-state index contributed by atoms with van der Waals surface area (Å²) in [6.07, 6.45) is -2.90. The number of carbonyl (C=O) groups excluding carboxylic acids is 1. The highest BCUT2D eigenvalue weighted by atomic mass is 32.2. The number of nitrogens with zero attached hydrogens (tertiary/aromatic N) is 4. The van der Waals surface area contributed by atoms with Crippen LogP contribution in [0.1, 0.15) is 44.6 Å². The van der Waals surface area contributed by atoms with Gasteiger partial charge >= 0.3 is 12.1 Å². The Balaban J connectivity index is 1.62. The van der Waals surface area contributed by atoms with Crippen LogP contribution in [0.2, 0.25) is 0 Å². The molecule has 15 heteroatoms. The van der Waals surface area contributed by atoms with E-state index in [1.165, 1.54) is 19.1 Å². The lowest BCUT2D eigenvalue weighted by Gasteiger charge is -2.39. The largest absolute Gasteiger partial charge is 0.466 e. The first-order valence-corrected chi connectivity index (χ1v) is 15.2. The smallest absolute Gasteiger partial charge is 0.396 e. The summed E-state index contributed by atoms with van der Waals surface area (Å²) in [5.41, 5.74) is -1.79. The van der Waals surface area contributed by atoms with Crippen molar-refractivity contribution < 1.29 is 39.9 Å². The van der Waals surface area contributed by atoms with Gasteiger partial charge in [0, 0.05) is 17.1 Å². The molecule has 9 nitrogen and oxygen atoms in total. The second kappa shape index (κ2) is 11.7. The zero-order chi connectivity index (χ0) is 31.9. The number of nitrogens with one attached hydrogen (secondary N) is 1. The lowest BCUT2D eigenvalue weighted by Crippen LogP contribution is -2.50. The van der Waals surface area contributed by atoms with Crippen molar-refractivity contribution >= 4 is 32.8 Å². The molecule has 5 rings (SSSR count). The van der Waals surface area contributed by atoms with Gasteiger partial charge in [0.15, 0.2) is 23.1 Å². The molecule has 0 spiro atoms. The van der Waals surface area contributed by atoms with Gasteiger partial charge in [-0.05, 0) is 44.9 Å². The molecule has 1 N–H and O–H groups in total. The maximum atomic E-state index is 15.1. The number of carbonyl (C=O) groups is 1. The molecule has 4 aromatic rings. The fourth-order valence-corrected chi connectivity index (χ4v) is 6.93. The van der Waals surface area contributed by atoms with Crippen LogP contribution in [0.15, 0.2) is 53.8 Å². The van der Waals surface area contributed by atoms with Crippen molar-refractivity contribution in [2.75, 3.05) is 11.9 Å². The average molecular weight is 638 g/mol. The van der Waals surface area contributed by atoms with Crippen LogP contribution in [0.25, 0.3) is 22.4 Å². The lowest BCUT2D eigenvalue weighted by atomic mass is 9.76. The third-order valence-corrected chi connectivity index (χ3v) is 9.52. The van der Waals surface area contributed by atoms with E-state index in [4.69, 9.17) is 4.74 Å². The number of anilines is 1. The van der Waals surface area contributed by atoms with Crippen LogP contribution in [0.3, 0.4) is 0 Å². The van der Waals surface area contributed by atoms with E-state index in [-0.39, 0.29) is 59.6 Å². The van der Waals surface area contributed by atoms with Gasteiger partial charge in [-0.3, -0.25) is 4.79 Å². The van der Waals surface area contributed by atoms with Gasteiger partial charge < -0.3 is 10.1 Å². The van der Waals surface area contributed by atoms with Crippen molar-refractivity contribution in [3.63, 3.8) is 0 Å². The van der Waals surface area contributed by atoms with E-state index in [0.717, 1.165) is 28.0 Å². The first-order valence-electron chi connectivity index (χ1n) is 13.8. The molecule has 234 valence electrons. The van der Waals surface area contributed by atoms with Crippen molar-refractivity contribution in [1.29, 1.82) is 0 Å². The number of aromatic nitrogens is 4. The second-order valence-corrected chi connectivity index (χ2v) is 12.5. The minimum atomic E-state index is -4.74. The number of benzene rings is 1. The minimum Gasteiger partial charge on any atom is -0.466 e. The third kappa shape index (κ3) is 5.72. The maximum absolute atomic E-state index is 15.1. The molecular formula is C29H28F5N5O4S. The third-order valence-electron chi connectivity index (χ3n) is 7.86. The quantitative estimate of drug-likeness (QED) is 0.171. The van der Waals surface area contributed by atoms with Gasteiger partial charge in [-0.25, -0.2) is 36.1 Å². The van der Waals surface area contributed by atoms with E-state index in [9.17, 15) is 30.8 Å². The van der Waals surface area contributed by atoms with E-state index >= 15 is 4.39 Å². The topological polar surface area (TPSA) is 116 Å². The summed E-state index contributed by atoms with van der Waals surface area (Å²) in [5, 5.41) is 2.46. The average Bonchev–Trinajstić information content (AvgIpc) is 3.61. The molecule has 0 aliphatic heterocycles. The van der Waals surface area contributed by atoms with Crippen molar-refractivity contribution in [3.8, 4) is 11.4 Å². The normalized spacial score (nSPS) is 15.8. The predicted molar refractivity (Wildman–Crippen MR) is 150 cm³/mol. The summed E-state index contributed by atoms with van der Waals surface area (Å²) in [7, 11) is -4.26. The Labute approximate surface area is 249 Å². The van der Waals surface area contributed by atoms with Crippen molar-refractivity contribution in [1.82, 2.24) is 18.9 Å². The van der Waals surface area contributed by atoms with Crippen LogP contribution in [0.5, 0.6) is 0 Å². The lowest BCUT2D eigenvalue weighted by molar-refractivity contribution is -0.228. The van der Waals surface area contributed by atoms with Crippen LogP contribution in [0, 0.1) is 24.0 Å². The summed E-state index contributed by atoms with van der Waals surface area (Å²) in [5.74, 6) is -3.79. The molecule has 1 unspecified atom stereocenters. The van der Waals surface area contributed by atoms with Crippen molar-refractivity contribution in [3.05, 3.63) is 66.1 Å². The molecular weight excluding hydrogens is 609 g/mol. The monoisotopic (exact) mass is 637 g/mol. The Morgan fingerprint density at radius 2 is 1.80 bits per heavy atom. The molecule has 44 heavy (non-hydrogen) atoms. The van der Waals surface area contributed by atoms with Gasteiger partial charge in [0.1, 0.15) is 5.82 Å². The molecule has 1 atom stereocenters. The van der Waals surface area contributed by atoms with Gasteiger partial charge in [0.05, 0.1) is 41.8 Å². The molecule has 0 amide bonds. The number of ether oxygens (including phenoxy) is 1. The number of pyridine rings is 1. The Hall–Kier alpha value is -4.14. The zero-order valence-corrected chi connectivity index (χ0v) is 24.5. The molecule has 0 radical (unpaired) electrons. The number of halogens is 5. The van der Waals surface area contributed by atoms with Crippen molar-refractivity contribution in [2.24, 2.45) is 5.41 Å². The number of alkyl halides is 3.